The summed E-state index contributed by atoms with van der Waals surface area (Å²) in [4.78, 5) is 28.1. The smallest absolute Gasteiger partial charge is 0.254 e. The number of carbonyl (C=O) groups excluding carboxylic acids is 2. The predicted molar refractivity (Wildman–Crippen MR) is 125 cm³/mol. The van der Waals surface area contributed by atoms with E-state index in [0.717, 1.165) is 10.8 Å². The Labute approximate surface area is 191 Å². The van der Waals surface area contributed by atoms with E-state index in [2.05, 4.69) is 10.2 Å². The summed E-state index contributed by atoms with van der Waals surface area (Å²) in [6, 6.07) is 23.9. The lowest BCUT2D eigenvalue weighted by Crippen LogP contribution is -2.42. The SMILES string of the molecule is O=C(c1ccccc1)c1ccccc1C(=O)N1CCC(Oc2nncc3ccccc23)CC1. The molecule has 5 rings (SSSR count). The molecule has 33 heavy (non-hydrogen) atoms. The van der Waals surface area contributed by atoms with E-state index in [-0.39, 0.29) is 17.8 Å². The van der Waals surface area contributed by atoms with Gasteiger partial charge in [0.15, 0.2) is 5.78 Å². The van der Waals surface area contributed by atoms with Gasteiger partial charge in [0.2, 0.25) is 5.88 Å². The van der Waals surface area contributed by atoms with Gasteiger partial charge in [-0.1, -0.05) is 66.7 Å². The van der Waals surface area contributed by atoms with Crippen molar-refractivity contribution in [3.05, 3.63) is 102 Å². The molecule has 1 aliphatic heterocycles. The maximum atomic E-state index is 13.3. The van der Waals surface area contributed by atoms with Crippen LogP contribution in [0.1, 0.15) is 39.1 Å². The molecule has 4 aromatic rings. The Hall–Kier alpha value is -4.06. The van der Waals surface area contributed by atoms with Crippen LogP contribution in [-0.2, 0) is 0 Å². The third kappa shape index (κ3) is 4.32. The van der Waals surface area contributed by atoms with Gasteiger partial charge in [0.25, 0.3) is 5.91 Å². The fraction of sp³-hybridized carbons (Fsp3) is 0.185. The highest BCUT2D eigenvalue weighted by molar-refractivity contribution is 6.15. The molecule has 1 aliphatic rings. The molecule has 1 aromatic heterocycles. The molecule has 0 radical (unpaired) electrons. The maximum Gasteiger partial charge on any atom is 0.254 e. The van der Waals surface area contributed by atoms with E-state index in [1.165, 1.54) is 0 Å². The Balaban J connectivity index is 1.28. The number of carbonyl (C=O) groups is 2. The lowest BCUT2D eigenvalue weighted by atomic mass is 9.97. The summed E-state index contributed by atoms with van der Waals surface area (Å²) in [6.45, 7) is 1.10. The van der Waals surface area contributed by atoms with E-state index < -0.39 is 0 Å². The van der Waals surface area contributed by atoms with Crippen LogP contribution in [0.15, 0.2) is 85.1 Å². The van der Waals surface area contributed by atoms with Crippen LogP contribution < -0.4 is 4.74 Å². The third-order valence-corrected chi connectivity index (χ3v) is 5.98. The number of nitrogens with zero attached hydrogens (tertiary/aromatic N) is 3. The number of hydrogen-bond donors (Lipinski definition) is 0. The van der Waals surface area contributed by atoms with Gasteiger partial charge in [0.05, 0.1) is 11.8 Å². The van der Waals surface area contributed by atoms with Crippen molar-refractivity contribution in [2.75, 3.05) is 13.1 Å². The van der Waals surface area contributed by atoms with Gasteiger partial charge in [-0.25, -0.2) is 0 Å². The van der Waals surface area contributed by atoms with Gasteiger partial charge in [-0.05, 0) is 12.1 Å². The Morgan fingerprint density at radius 3 is 2.27 bits per heavy atom. The van der Waals surface area contributed by atoms with E-state index in [9.17, 15) is 9.59 Å². The lowest BCUT2D eigenvalue weighted by Gasteiger charge is -2.32. The first-order valence-electron chi connectivity index (χ1n) is 11.1. The number of piperidine rings is 1. The van der Waals surface area contributed by atoms with E-state index in [1.54, 1.807) is 47.5 Å². The van der Waals surface area contributed by atoms with Gasteiger partial charge in [-0.2, -0.15) is 5.10 Å². The molecule has 164 valence electrons. The highest BCUT2D eigenvalue weighted by Crippen LogP contribution is 2.26. The third-order valence-electron chi connectivity index (χ3n) is 5.98. The zero-order valence-corrected chi connectivity index (χ0v) is 18.1. The van der Waals surface area contributed by atoms with Crippen molar-refractivity contribution in [1.29, 1.82) is 0 Å². The number of fused-ring (bicyclic) bond motifs is 1. The van der Waals surface area contributed by atoms with E-state index in [0.29, 0.717) is 48.5 Å². The van der Waals surface area contributed by atoms with Crippen LogP contribution in [0.25, 0.3) is 10.8 Å². The molecule has 1 fully saturated rings. The summed E-state index contributed by atoms with van der Waals surface area (Å²) < 4.78 is 6.16. The second-order valence-corrected chi connectivity index (χ2v) is 8.09. The number of rotatable bonds is 5. The minimum absolute atomic E-state index is 0.0460. The van der Waals surface area contributed by atoms with E-state index in [1.807, 2.05) is 42.5 Å². The topological polar surface area (TPSA) is 72.4 Å². The van der Waals surface area contributed by atoms with Crippen molar-refractivity contribution < 1.29 is 14.3 Å². The first kappa shape index (κ1) is 20.8. The molecular weight excluding hydrogens is 414 g/mol. The summed E-state index contributed by atoms with van der Waals surface area (Å²) in [5.41, 5.74) is 1.44. The Morgan fingerprint density at radius 1 is 0.818 bits per heavy atom. The first-order chi connectivity index (χ1) is 16.2. The lowest BCUT2D eigenvalue weighted by molar-refractivity contribution is 0.0586. The van der Waals surface area contributed by atoms with E-state index >= 15 is 0 Å². The maximum absolute atomic E-state index is 13.3. The Morgan fingerprint density at radius 2 is 1.48 bits per heavy atom. The molecule has 3 aromatic carbocycles. The average Bonchev–Trinajstić information content (AvgIpc) is 2.89. The number of hydrogen-bond acceptors (Lipinski definition) is 5. The van der Waals surface area contributed by atoms with Crippen LogP contribution in [0.2, 0.25) is 0 Å². The molecule has 6 nitrogen and oxygen atoms in total. The molecule has 0 aliphatic carbocycles. The Kier molecular flexibility index (Phi) is 5.81. The van der Waals surface area contributed by atoms with Gasteiger partial charge in [0, 0.05) is 47.8 Å². The summed E-state index contributed by atoms with van der Waals surface area (Å²) in [5, 5.41) is 10.1. The van der Waals surface area contributed by atoms with Crippen molar-refractivity contribution in [3.63, 3.8) is 0 Å². The standard InChI is InChI=1S/C27H23N3O3/c31-25(19-8-2-1-3-9-19)23-12-6-7-13-24(23)27(32)30-16-14-21(15-17-30)33-26-22-11-5-4-10-20(22)18-28-29-26/h1-13,18,21H,14-17H2. The molecule has 0 atom stereocenters. The molecule has 1 saturated heterocycles. The molecule has 0 bridgehead atoms. The normalized spacial score (nSPS) is 14.2. The van der Waals surface area contributed by atoms with Crippen molar-refractivity contribution in [1.82, 2.24) is 15.1 Å². The first-order valence-corrected chi connectivity index (χ1v) is 11.1. The zero-order valence-electron chi connectivity index (χ0n) is 18.1. The quantitative estimate of drug-likeness (QED) is 0.429. The molecule has 0 unspecified atom stereocenters. The molecule has 6 heteroatoms. The molecular formula is C27H23N3O3. The largest absolute Gasteiger partial charge is 0.473 e. The number of aromatic nitrogens is 2. The van der Waals surface area contributed by atoms with Gasteiger partial charge < -0.3 is 9.64 Å². The average molecular weight is 437 g/mol. The van der Waals surface area contributed by atoms with Crippen molar-refractivity contribution in [2.45, 2.75) is 18.9 Å². The van der Waals surface area contributed by atoms with Crippen LogP contribution in [0.4, 0.5) is 0 Å². The van der Waals surface area contributed by atoms with Crippen LogP contribution in [-0.4, -0.2) is 46.0 Å². The van der Waals surface area contributed by atoms with Gasteiger partial charge >= 0.3 is 0 Å². The van der Waals surface area contributed by atoms with Gasteiger partial charge in [0.1, 0.15) is 6.10 Å². The number of likely N-dealkylation sites (tertiary alicyclic amines) is 1. The number of benzene rings is 3. The highest BCUT2D eigenvalue weighted by atomic mass is 16.5. The summed E-state index contributed by atoms with van der Waals surface area (Å²) in [6.07, 6.45) is 3.05. The molecule has 1 amide bonds. The van der Waals surface area contributed by atoms with Crippen LogP contribution in [0.5, 0.6) is 5.88 Å². The second-order valence-electron chi connectivity index (χ2n) is 8.09. The van der Waals surface area contributed by atoms with Crippen LogP contribution in [0, 0.1) is 0 Å². The molecule has 0 saturated carbocycles. The van der Waals surface area contributed by atoms with Gasteiger partial charge in [-0.15, -0.1) is 5.10 Å². The van der Waals surface area contributed by atoms with Crippen molar-refractivity contribution in [2.24, 2.45) is 0 Å². The van der Waals surface area contributed by atoms with Gasteiger partial charge in [-0.3, -0.25) is 9.59 Å². The highest BCUT2D eigenvalue weighted by Gasteiger charge is 2.28. The van der Waals surface area contributed by atoms with E-state index in [4.69, 9.17) is 4.74 Å². The second kappa shape index (κ2) is 9.20. The fourth-order valence-electron chi connectivity index (χ4n) is 4.21. The number of ketones is 1. The van der Waals surface area contributed by atoms with Crippen LogP contribution >= 0.6 is 0 Å². The monoisotopic (exact) mass is 437 g/mol. The van der Waals surface area contributed by atoms with Crippen molar-refractivity contribution in [3.8, 4) is 5.88 Å². The molecule has 2 heterocycles. The number of amides is 1. The summed E-state index contributed by atoms with van der Waals surface area (Å²) >= 11 is 0. The molecule has 0 N–H and O–H groups in total. The zero-order chi connectivity index (χ0) is 22.6. The fourth-order valence-corrected chi connectivity index (χ4v) is 4.21. The van der Waals surface area contributed by atoms with Crippen molar-refractivity contribution >= 4 is 22.5 Å². The number of ether oxygens (including phenoxy) is 1. The summed E-state index contributed by atoms with van der Waals surface area (Å²) in [7, 11) is 0. The summed E-state index contributed by atoms with van der Waals surface area (Å²) in [5.74, 6) is 0.252. The molecule has 0 spiro atoms. The minimum Gasteiger partial charge on any atom is -0.473 e. The van der Waals surface area contributed by atoms with Crippen LogP contribution in [0.3, 0.4) is 0 Å². The Bertz CT molecular complexity index is 1290. The predicted octanol–water partition coefficient (Wildman–Crippen LogP) is 4.54. The minimum atomic E-state index is -0.146.